The molecule has 15 heavy (non-hydrogen) atoms. The van der Waals surface area contributed by atoms with Crippen LogP contribution in [0.1, 0.15) is 12.8 Å². The molecule has 0 fully saturated rings. The molecular formula is C10H21NO4. The zero-order valence-corrected chi connectivity index (χ0v) is 9.57. The molecule has 5 heteroatoms. The molecule has 0 saturated heterocycles. The van der Waals surface area contributed by atoms with Crippen LogP contribution in [0, 0.1) is 0 Å². The third kappa shape index (κ3) is 11.3. The topological polar surface area (TPSA) is 59.0 Å². The average molecular weight is 219 g/mol. The Bertz CT molecular complexity index is 164. The van der Waals surface area contributed by atoms with Gasteiger partial charge in [0.25, 0.3) is 0 Å². The van der Waals surface area contributed by atoms with Crippen molar-refractivity contribution in [1.82, 2.24) is 4.90 Å². The largest absolute Gasteiger partial charge is 0.481 e. The number of likely N-dealkylation sites (N-methyl/N-ethyl adjacent to an activating group) is 1. The molecule has 0 unspecified atom stereocenters. The van der Waals surface area contributed by atoms with E-state index in [1.54, 1.807) is 7.11 Å². The number of ether oxygens (including phenoxy) is 2. The first-order valence-electron chi connectivity index (χ1n) is 5.14. The lowest BCUT2D eigenvalue weighted by Crippen LogP contribution is -2.25. The maximum atomic E-state index is 10.3. The number of carbonyl (C=O) groups is 1. The highest BCUT2D eigenvalue weighted by Crippen LogP contribution is 1.92. The summed E-state index contributed by atoms with van der Waals surface area (Å²) in [5, 5.41) is 8.44. The highest BCUT2D eigenvalue weighted by Gasteiger charge is 2.00. The van der Waals surface area contributed by atoms with Crippen LogP contribution in [0.5, 0.6) is 0 Å². The summed E-state index contributed by atoms with van der Waals surface area (Å²) in [6.07, 6.45) is 0.915. The number of methoxy groups -OCH3 is 1. The van der Waals surface area contributed by atoms with Gasteiger partial charge in [-0.1, -0.05) is 0 Å². The molecule has 0 aromatic rings. The van der Waals surface area contributed by atoms with Gasteiger partial charge < -0.3 is 19.5 Å². The zero-order chi connectivity index (χ0) is 11.5. The van der Waals surface area contributed by atoms with E-state index < -0.39 is 5.97 Å². The van der Waals surface area contributed by atoms with E-state index >= 15 is 0 Å². The number of carboxylic acid groups (broad SMARTS) is 1. The minimum absolute atomic E-state index is 0.231. The third-order valence-electron chi connectivity index (χ3n) is 1.98. The van der Waals surface area contributed by atoms with Crippen molar-refractivity contribution in [2.75, 3.05) is 47.1 Å². The summed E-state index contributed by atoms with van der Waals surface area (Å²) < 4.78 is 10.1. The van der Waals surface area contributed by atoms with E-state index in [4.69, 9.17) is 14.6 Å². The molecule has 0 aromatic carbocycles. The van der Waals surface area contributed by atoms with Gasteiger partial charge in [-0.3, -0.25) is 4.79 Å². The highest BCUT2D eigenvalue weighted by atomic mass is 16.5. The molecule has 0 amide bonds. The van der Waals surface area contributed by atoms with E-state index in [-0.39, 0.29) is 6.42 Å². The van der Waals surface area contributed by atoms with Crippen LogP contribution in [0.3, 0.4) is 0 Å². The van der Waals surface area contributed by atoms with E-state index in [9.17, 15) is 4.79 Å². The number of rotatable bonds is 10. The fourth-order valence-electron chi connectivity index (χ4n) is 1.08. The van der Waals surface area contributed by atoms with Gasteiger partial charge >= 0.3 is 5.97 Å². The molecule has 0 heterocycles. The summed E-state index contributed by atoms with van der Waals surface area (Å²) in [7, 11) is 3.60. The monoisotopic (exact) mass is 219 g/mol. The average Bonchev–Trinajstić information content (AvgIpc) is 2.17. The molecule has 90 valence electrons. The Morgan fingerprint density at radius 2 is 2.00 bits per heavy atom. The van der Waals surface area contributed by atoms with Gasteiger partial charge in [0.2, 0.25) is 0 Å². The predicted octanol–water partition coefficient (Wildman–Crippen LogP) is 0.446. The van der Waals surface area contributed by atoms with Crippen LogP contribution in [0.2, 0.25) is 0 Å². The molecule has 0 aliphatic carbocycles. The standard InChI is InChI=1S/C10H21NO4/c1-11(5-3-4-10(12)13)6-7-15-9-8-14-2/h3-9H2,1-2H3,(H,12,13). The van der Waals surface area contributed by atoms with Crippen molar-refractivity contribution in [2.45, 2.75) is 12.8 Å². The summed E-state index contributed by atoms with van der Waals surface area (Å²) >= 11 is 0. The van der Waals surface area contributed by atoms with Gasteiger partial charge in [-0.05, 0) is 20.0 Å². The van der Waals surface area contributed by atoms with E-state index in [0.717, 1.165) is 13.1 Å². The first-order chi connectivity index (χ1) is 7.16. The predicted molar refractivity (Wildman–Crippen MR) is 57.1 cm³/mol. The van der Waals surface area contributed by atoms with Gasteiger partial charge in [-0.25, -0.2) is 0 Å². The zero-order valence-electron chi connectivity index (χ0n) is 9.57. The van der Waals surface area contributed by atoms with Crippen molar-refractivity contribution in [3.8, 4) is 0 Å². The lowest BCUT2D eigenvalue weighted by Gasteiger charge is -2.15. The quantitative estimate of drug-likeness (QED) is 0.540. The van der Waals surface area contributed by atoms with Gasteiger partial charge in [0.15, 0.2) is 0 Å². The minimum atomic E-state index is -0.736. The number of carboxylic acids is 1. The maximum Gasteiger partial charge on any atom is 0.303 e. The SMILES string of the molecule is COCCOCCN(C)CCCC(=O)O. The van der Waals surface area contributed by atoms with Crippen molar-refractivity contribution < 1.29 is 19.4 Å². The molecule has 0 saturated carbocycles. The number of hydrogen-bond donors (Lipinski definition) is 1. The van der Waals surface area contributed by atoms with Gasteiger partial charge in [-0.15, -0.1) is 0 Å². The molecule has 0 spiro atoms. The van der Waals surface area contributed by atoms with Crippen molar-refractivity contribution >= 4 is 5.97 Å². The fraction of sp³-hybridized carbons (Fsp3) is 0.900. The molecule has 0 radical (unpaired) electrons. The second kappa shape index (κ2) is 9.89. The summed E-state index contributed by atoms with van der Waals surface area (Å²) in [4.78, 5) is 12.3. The third-order valence-corrected chi connectivity index (χ3v) is 1.98. The molecule has 0 rings (SSSR count). The first kappa shape index (κ1) is 14.3. The second-order valence-electron chi connectivity index (χ2n) is 3.41. The normalized spacial score (nSPS) is 10.9. The Balaban J connectivity index is 3.18. The molecule has 0 aliphatic heterocycles. The lowest BCUT2D eigenvalue weighted by molar-refractivity contribution is -0.137. The van der Waals surface area contributed by atoms with Gasteiger partial charge in [0, 0.05) is 20.1 Å². The molecular weight excluding hydrogens is 198 g/mol. The van der Waals surface area contributed by atoms with Crippen molar-refractivity contribution in [3.63, 3.8) is 0 Å². The van der Waals surface area contributed by atoms with Crippen LogP contribution < -0.4 is 0 Å². The summed E-state index contributed by atoms with van der Waals surface area (Å²) in [5.74, 6) is -0.736. The van der Waals surface area contributed by atoms with Crippen molar-refractivity contribution in [1.29, 1.82) is 0 Å². The van der Waals surface area contributed by atoms with Gasteiger partial charge in [0.05, 0.1) is 19.8 Å². The van der Waals surface area contributed by atoms with E-state index in [1.807, 2.05) is 7.05 Å². The fourth-order valence-corrected chi connectivity index (χ4v) is 1.08. The highest BCUT2D eigenvalue weighted by molar-refractivity contribution is 5.66. The van der Waals surface area contributed by atoms with Crippen LogP contribution in [0.4, 0.5) is 0 Å². The molecule has 0 bridgehead atoms. The summed E-state index contributed by atoms with van der Waals surface area (Å²) in [6.45, 7) is 3.50. The second-order valence-corrected chi connectivity index (χ2v) is 3.41. The van der Waals surface area contributed by atoms with Crippen LogP contribution >= 0.6 is 0 Å². The molecule has 0 aliphatic rings. The van der Waals surface area contributed by atoms with E-state index in [1.165, 1.54) is 0 Å². The molecule has 0 atom stereocenters. The van der Waals surface area contributed by atoms with Crippen LogP contribution in [0.15, 0.2) is 0 Å². The van der Waals surface area contributed by atoms with Gasteiger partial charge in [0.1, 0.15) is 0 Å². The lowest BCUT2D eigenvalue weighted by atomic mass is 10.3. The van der Waals surface area contributed by atoms with E-state index in [2.05, 4.69) is 4.90 Å². The summed E-state index contributed by atoms with van der Waals surface area (Å²) in [6, 6.07) is 0. The number of nitrogens with zero attached hydrogens (tertiary/aromatic N) is 1. The Morgan fingerprint density at radius 3 is 2.60 bits per heavy atom. The number of aliphatic carboxylic acids is 1. The number of hydrogen-bond acceptors (Lipinski definition) is 4. The first-order valence-corrected chi connectivity index (χ1v) is 5.14. The Morgan fingerprint density at radius 1 is 1.27 bits per heavy atom. The van der Waals surface area contributed by atoms with Crippen LogP contribution in [-0.2, 0) is 14.3 Å². The smallest absolute Gasteiger partial charge is 0.303 e. The molecule has 5 nitrogen and oxygen atoms in total. The van der Waals surface area contributed by atoms with E-state index in [0.29, 0.717) is 26.2 Å². The molecule has 0 aromatic heterocycles. The van der Waals surface area contributed by atoms with Crippen LogP contribution in [0.25, 0.3) is 0 Å². The van der Waals surface area contributed by atoms with Crippen molar-refractivity contribution in [2.24, 2.45) is 0 Å². The van der Waals surface area contributed by atoms with Crippen molar-refractivity contribution in [3.05, 3.63) is 0 Å². The Hall–Kier alpha value is -0.650. The van der Waals surface area contributed by atoms with Crippen LogP contribution in [-0.4, -0.2) is 63.0 Å². The maximum absolute atomic E-state index is 10.3. The minimum Gasteiger partial charge on any atom is -0.481 e. The Kier molecular flexibility index (Phi) is 9.46. The Labute approximate surface area is 91.0 Å². The van der Waals surface area contributed by atoms with Gasteiger partial charge in [-0.2, -0.15) is 0 Å². The summed E-state index contributed by atoms with van der Waals surface area (Å²) in [5.41, 5.74) is 0. The molecule has 1 N–H and O–H groups in total.